The fourth-order valence-corrected chi connectivity index (χ4v) is 2.49. The van der Waals surface area contributed by atoms with Crippen molar-refractivity contribution in [2.45, 2.75) is 19.9 Å². The second-order valence-electron chi connectivity index (χ2n) is 4.01. The third kappa shape index (κ3) is 2.57. The maximum atomic E-state index is 6.23. The van der Waals surface area contributed by atoms with E-state index in [1.165, 1.54) is 0 Å². The lowest BCUT2D eigenvalue weighted by molar-refractivity contribution is 0.499. The Labute approximate surface area is 114 Å². The van der Waals surface area contributed by atoms with Crippen molar-refractivity contribution in [3.8, 4) is 0 Å². The monoisotopic (exact) mass is 313 g/mol. The molecule has 1 atom stereocenters. The zero-order valence-electron chi connectivity index (χ0n) is 9.63. The van der Waals surface area contributed by atoms with Crippen LogP contribution in [0.2, 0.25) is 5.02 Å². The minimum atomic E-state index is -0.266. The van der Waals surface area contributed by atoms with Crippen molar-refractivity contribution in [3.05, 3.63) is 56.4 Å². The summed E-state index contributed by atoms with van der Waals surface area (Å²) >= 11 is 9.59. The predicted molar refractivity (Wildman–Crippen MR) is 73.4 cm³/mol. The molecule has 2 aromatic rings. The van der Waals surface area contributed by atoms with Gasteiger partial charge in [-0.3, -0.25) is 0 Å². The van der Waals surface area contributed by atoms with Crippen molar-refractivity contribution in [2.75, 3.05) is 0 Å². The summed E-state index contributed by atoms with van der Waals surface area (Å²) in [4.78, 5) is 0. The molecule has 0 bridgehead atoms. The van der Waals surface area contributed by atoms with Crippen molar-refractivity contribution in [2.24, 2.45) is 5.73 Å². The number of nitrogens with two attached hydrogens (primary N) is 1. The molecule has 0 fully saturated rings. The number of hydrogen-bond donors (Lipinski definition) is 1. The summed E-state index contributed by atoms with van der Waals surface area (Å²) in [5.74, 6) is 1.70. The SMILES string of the molecule is Cc1cc(C(N)c2cc(Br)ccc2Cl)c(C)o1. The summed E-state index contributed by atoms with van der Waals surface area (Å²) in [6, 6.07) is 7.36. The molecule has 0 aliphatic heterocycles. The van der Waals surface area contributed by atoms with E-state index in [2.05, 4.69) is 15.9 Å². The van der Waals surface area contributed by atoms with Crippen LogP contribution in [0.5, 0.6) is 0 Å². The Morgan fingerprint density at radius 3 is 2.53 bits per heavy atom. The first-order valence-electron chi connectivity index (χ1n) is 5.26. The van der Waals surface area contributed by atoms with Gasteiger partial charge >= 0.3 is 0 Å². The molecule has 4 heteroatoms. The number of aryl methyl sites for hydroxylation is 2. The van der Waals surface area contributed by atoms with Gasteiger partial charge in [-0.05, 0) is 43.7 Å². The molecular weight excluding hydrogens is 302 g/mol. The van der Waals surface area contributed by atoms with Crippen LogP contribution in [0.1, 0.15) is 28.7 Å². The van der Waals surface area contributed by atoms with Gasteiger partial charge in [0.25, 0.3) is 0 Å². The molecule has 2 rings (SSSR count). The number of halogens is 2. The van der Waals surface area contributed by atoms with Gasteiger partial charge in [0.2, 0.25) is 0 Å². The normalized spacial score (nSPS) is 12.8. The van der Waals surface area contributed by atoms with E-state index in [1.54, 1.807) is 0 Å². The molecule has 1 aromatic heterocycles. The van der Waals surface area contributed by atoms with E-state index < -0.39 is 0 Å². The number of hydrogen-bond acceptors (Lipinski definition) is 2. The van der Waals surface area contributed by atoms with Crippen LogP contribution in [0.4, 0.5) is 0 Å². The maximum absolute atomic E-state index is 6.23. The minimum absolute atomic E-state index is 0.266. The van der Waals surface area contributed by atoms with Gasteiger partial charge in [-0.1, -0.05) is 27.5 Å². The second kappa shape index (κ2) is 4.84. The summed E-state index contributed by atoms with van der Waals surface area (Å²) < 4.78 is 6.46. The van der Waals surface area contributed by atoms with Crippen molar-refractivity contribution in [1.82, 2.24) is 0 Å². The van der Waals surface area contributed by atoms with Crippen LogP contribution >= 0.6 is 27.5 Å². The van der Waals surface area contributed by atoms with Crippen LogP contribution in [-0.2, 0) is 0 Å². The minimum Gasteiger partial charge on any atom is -0.466 e. The van der Waals surface area contributed by atoms with Gasteiger partial charge in [-0.25, -0.2) is 0 Å². The van der Waals surface area contributed by atoms with Gasteiger partial charge < -0.3 is 10.2 Å². The third-order valence-corrected chi connectivity index (χ3v) is 3.54. The second-order valence-corrected chi connectivity index (χ2v) is 5.33. The maximum Gasteiger partial charge on any atom is 0.106 e. The highest BCUT2D eigenvalue weighted by Crippen LogP contribution is 2.31. The molecule has 0 saturated heterocycles. The standard InChI is InChI=1S/C13H13BrClNO/c1-7-5-10(8(2)17-7)13(16)11-6-9(14)3-4-12(11)15/h3-6,13H,16H2,1-2H3. The van der Waals surface area contributed by atoms with Crippen molar-refractivity contribution in [3.63, 3.8) is 0 Å². The van der Waals surface area contributed by atoms with Crippen LogP contribution in [0.3, 0.4) is 0 Å². The summed E-state index contributed by atoms with van der Waals surface area (Å²) in [5, 5.41) is 0.666. The predicted octanol–water partition coefficient (Wildman–Crippen LogP) is 4.36. The van der Waals surface area contributed by atoms with Gasteiger partial charge in [0.1, 0.15) is 11.5 Å². The molecule has 0 aliphatic rings. The summed E-state index contributed by atoms with van der Waals surface area (Å²) in [5.41, 5.74) is 8.10. The zero-order valence-corrected chi connectivity index (χ0v) is 12.0. The highest BCUT2D eigenvalue weighted by molar-refractivity contribution is 9.10. The van der Waals surface area contributed by atoms with E-state index in [0.717, 1.165) is 27.1 Å². The largest absolute Gasteiger partial charge is 0.466 e. The Morgan fingerprint density at radius 2 is 1.94 bits per heavy atom. The Bertz CT molecular complexity index is 550. The van der Waals surface area contributed by atoms with Crippen molar-refractivity contribution in [1.29, 1.82) is 0 Å². The van der Waals surface area contributed by atoms with E-state index >= 15 is 0 Å². The highest BCUT2D eigenvalue weighted by atomic mass is 79.9. The van der Waals surface area contributed by atoms with Crippen molar-refractivity contribution >= 4 is 27.5 Å². The van der Waals surface area contributed by atoms with Gasteiger partial charge in [0.05, 0.1) is 6.04 Å². The van der Waals surface area contributed by atoms with Gasteiger partial charge in [0, 0.05) is 15.1 Å². The lowest BCUT2D eigenvalue weighted by Gasteiger charge is -2.13. The summed E-state index contributed by atoms with van der Waals surface area (Å²) in [6.07, 6.45) is 0. The molecule has 1 unspecified atom stereocenters. The van der Waals surface area contributed by atoms with Gasteiger partial charge in [-0.15, -0.1) is 0 Å². The third-order valence-electron chi connectivity index (χ3n) is 2.71. The quantitative estimate of drug-likeness (QED) is 0.894. The molecule has 1 aromatic carbocycles. The molecule has 1 heterocycles. The highest BCUT2D eigenvalue weighted by Gasteiger charge is 2.17. The van der Waals surface area contributed by atoms with Crippen LogP contribution in [0.15, 0.2) is 33.2 Å². The summed E-state index contributed by atoms with van der Waals surface area (Å²) in [7, 11) is 0. The fourth-order valence-electron chi connectivity index (χ4n) is 1.88. The van der Waals surface area contributed by atoms with Crippen LogP contribution in [0, 0.1) is 13.8 Å². The molecule has 0 spiro atoms. The van der Waals surface area contributed by atoms with E-state index in [4.69, 9.17) is 21.8 Å². The molecule has 2 N–H and O–H groups in total. The Hall–Kier alpha value is -0.770. The van der Waals surface area contributed by atoms with Crippen LogP contribution in [-0.4, -0.2) is 0 Å². The Balaban J connectivity index is 2.46. The smallest absolute Gasteiger partial charge is 0.106 e. The van der Waals surface area contributed by atoms with Gasteiger partial charge in [0.15, 0.2) is 0 Å². The average Bonchev–Trinajstić information content (AvgIpc) is 2.60. The number of furan rings is 1. The molecule has 0 radical (unpaired) electrons. The molecule has 17 heavy (non-hydrogen) atoms. The number of benzene rings is 1. The zero-order chi connectivity index (χ0) is 12.6. The first-order chi connectivity index (χ1) is 7.99. The lowest BCUT2D eigenvalue weighted by atomic mass is 10.00. The number of rotatable bonds is 2. The van der Waals surface area contributed by atoms with Crippen LogP contribution < -0.4 is 5.73 Å². The molecule has 0 saturated carbocycles. The Morgan fingerprint density at radius 1 is 1.24 bits per heavy atom. The van der Waals surface area contributed by atoms with Crippen LogP contribution in [0.25, 0.3) is 0 Å². The molecule has 0 amide bonds. The van der Waals surface area contributed by atoms with E-state index in [0.29, 0.717) is 5.02 Å². The topological polar surface area (TPSA) is 39.2 Å². The molecule has 2 nitrogen and oxygen atoms in total. The fraction of sp³-hybridized carbons (Fsp3) is 0.231. The first-order valence-corrected chi connectivity index (χ1v) is 6.43. The summed E-state index contributed by atoms with van der Waals surface area (Å²) in [6.45, 7) is 3.82. The lowest BCUT2D eigenvalue weighted by Crippen LogP contribution is -2.12. The molecular formula is C13H13BrClNO. The van der Waals surface area contributed by atoms with E-state index in [9.17, 15) is 0 Å². The van der Waals surface area contributed by atoms with E-state index in [-0.39, 0.29) is 6.04 Å². The van der Waals surface area contributed by atoms with Crippen molar-refractivity contribution < 1.29 is 4.42 Å². The Kier molecular flexibility index (Phi) is 3.61. The first kappa shape index (κ1) is 12.7. The average molecular weight is 315 g/mol. The van der Waals surface area contributed by atoms with E-state index in [1.807, 2.05) is 38.1 Å². The van der Waals surface area contributed by atoms with Gasteiger partial charge in [-0.2, -0.15) is 0 Å². The molecule has 90 valence electrons. The molecule has 0 aliphatic carbocycles.